The van der Waals surface area contributed by atoms with Gasteiger partial charge in [0.25, 0.3) is 0 Å². The number of carbonyl (C=O) groups excluding carboxylic acids is 1. The summed E-state index contributed by atoms with van der Waals surface area (Å²) in [5.41, 5.74) is 3.34. The van der Waals surface area contributed by atoms with Gasteiger partial charge in [0.2, 0.25) is 10.0 Å². The van der Waals surface area contributed by atoms with E-state index in [4.69, 9.17) is 4.74 Å². The van der Waals surface area contributed by atoms with Gasteiger partial charge in [-0.05, 0) is 55.7 Å². The van der Waals surface area contributed by atoms with E-state index in [0.717, 1.165) is 22.4 Å². The fourth-order valence-electron chi connectivity index (χ4n) is 2.39. The molecule has 0 atom stereocenters. The molecular weight excluding hydrogens is 326 g/mol. The Hall–Kier alpha value is -2.18. The van der Waals surface area contributed by atoms with E-state index >= 15 is 0 Å². The summed E-state index contributed by atoms with van der Waals surface area (Å²) in [5.74, 6) is 0.676. The smallest absolute Gasteiger partial charge is 0.240 e. The summed E-state index contributed by atoms with van der Waals surface area (Å²) in [4.78, 5) is 11.4. The molecule has 6 heteroatoms. The second-order valence-corrected chi connectivity index (χ2v) is 7.35. The van der Waals surface area contributed by atoms with Gasteiger partial charge in [-0.2, -0.15) is 0 Å². The molecule has 0 radical (unpaired) electrons. The molecule has 5 nitrogen and oxygen atoms in total. The Morgan fingerprint density at radius 2 is 1.67 bits per heavy atom. The summed E-state index contributed by atoms with van der Waals surface area (Å²) in [6.45, 7) is 5.50. The van der Waals surface area contributed by atoms with Gasteiger partial charge in [-0.25, -0.2) is 13.1 Å². The molecule has 24 heavy (non-hydrogen) atoms. The van der Waals surface area contributed by atoms with Crippen molar-refractivity contribution >= 4 is 15.8 Å². The first-order valence-corrected chi connectivity index (χ1v) is 8.98. The maximum absolute atomic E-state index is 12.4. The van der Waals surface area contributed by atoms with E-state index in [1.807, 2.05) is 26.0 Å². The van der Waals surface area contributed by atoms with Crippen LogP contribution in [0.25, 0.3) is 0 Å². The zero-order valence-corrected chi connectivity index (χ0v) is 15.0. The van der Waals surface area contributed by atoms with Crippen molar-refractivity contribution in [3.63, 3.8) is 0 Å². The van der Waals surface area contributed by atoms with Crippen LogP contribution in [-0.2, 0) is 16.6 Å². The van der Waals surface area contributed by atoms with Crippen molar-refractivity contribution in [2.75, 3.05) is 7.11 Å². The third-order valence-electron chi connectivity index (χ3n) is 4.09. The fourth-order valence-corrected chi connectivity index (χ4v) is 3.40. The van der Waals surface area contributed by atoms with Crippen molar-refractivity contribution in [3.05, 3.63) is 58.7 Å². The monoisotopic (exact) mass is 347 g/mol. The molecule has 0 fully saturated rings. The molecule has 0 saturated heterocycles. The van der Waals surface area contributed by atoms with Gasteiger partial charge in [0.05, 0.1) is 12.0 Å². The Labute approximate surface area is 142 Å². The SMILES string of the molecule is COc1ccc(CNS(=O)(=O)c2ccc(C(C)=O)cc2)c(C)c1C. The summed E-state index contributed by atoms with van der Waals surface area (Å²) in [5, 5.41) is 0. The van der Waals surface area contributed by atoms with E-state index in [1.165, 1.54) is 31.2 Å². The van der Waals surface area contributed by atoms with Gasteiger partial charge >= 0.3 is 0 Å². The van der Waals surface area contributed by atoms with Crippen LogP contribution < -0.4 is 9.46 Å². The average Bonchev–Trinajstić information content (AvgIpc) is 2.56. The Morgan fingerprint density at radius 3 is 2.21 bits per heavy atom. The number of Topliss-reactive ketones (excluding diaryl/α,β-unsaturated/α-hetero) is 1. The first kappa shape index (κ1) is 18.2. The number of benzene rings is 2. The minimum absolute atomic E-state index is 0.101. The van der Waals surface area contributed by atoms with Crippen molar-refractivity contribution < 1.29 is 17.9 Å². The number of rotatable bonds is 6. The van der Waals surface area contributed by atoms with Crippen molar-refractivity contribution in [1.29, 1.82) is 0 Å². The van der Waals surface area contributed by atoms with Crippen molar-refractivity contribution in [2.45, 2.75) is 32.2 Å². The Bertz CT molecular complexity index is 855. The maximum atomic E-state index is 12.4. The van der Waals surface area contributed by atoms with Crippen LogP contribution in [0.5, 0.6) is 5.75 Å². The number of sulfonamides is 1. The number of methoxy groups -OCH3 is 1. The Kier molecular flexibility index (Phi) is 5.41. The van der Waals surface area contributed by atoms with Gasteiger partial charge in [-0.1, -0.05) is 18.2 Å². The third-order valence-corrected chi connectivity index (χ3v) is 5.51. The molecule has 128 valence electrons. The van der Waals surface area contributed by atoms with E-state index in [-0.39, 0.29) is 17.2 Å². The van der Waals surface area contributed by atoms with Crippen LogP contribution in [-0.4, -0.2) is 21.3 Å². The number of ether oxygens (including phenoxy) is 1. The van der Waals surface area contributed by atoms with Crippen LogP contribution in [0.15, 0.2) is 41.3 Å². The highest BCUT2D eigenvalue weighted by atomic mass is 32.2. The van der Waals surface area contributed by atoms with Crippen LogP contribution in [0, 0.1) is 13.8 Å². The second kappa shape index (κ2) is 7.15. The number of ketones is 1. The standard InChI is InChI=1S/C18H21NO4S/c1-12-13(2)18(23-4)10-7-16(12)11-19-24(21,22)17-8-5-15(6-9-17)14(3)20/h5-10,19H,11H2,1-4H3. The zero-order valence-electron chi connectivity index (χ0n) is 14.2. The van der Waals surface area contributed by atoms with Gasteiger partial charge < -0.3 is 4.74 Å². The highest BCUT2D eigenvalue weighted by Gasteiger charge is 2.15. The molecule has 2 aromatic rings. The normalized spacial score (nSPS) is 11.3. The third kappa shape index (κ3) is 3.83. The number of nitrogens with one attached hydrogen (secondary N) is 1. The number of hydrogen-bond donors (Lipinski definition) is 1. The van der Waals surface area contributed by atoms with Gasteiger partial charge in [0.1, 0.15) is 5.75 Å². The zero-order chi connectivity index (χ0) is 17.9. The molecule has 0 spiro atoms. The Morgan fingerprint density at radius 1 is 1.04 bits per heavy atom. The van der Waals surface area contributed by atoms with Crippen molar-refractivity contribution in [1.82, 2.24) is 4.72 Å². The summed E-state index contributed by atoms with van der Waals surface area (Å²) in [6.07, 6.45) is 0. The average molecular weight is 347 g/mol. The quantitative estimate of drug-likeness (QED) is 0.816. The lowest BCUT2D eigenvalue weighted by atomic mass is 10.0. The van der Waals surface area contributed by atoms with Gasteiger partial charge in [-0.3, -0.25) is 4.79 Å². The van der Waals surface area contributed by atoms with Crippen molar-refractivity contribution in [3.8, 4) is 5.75 Å². The van der Waals surface area contributed by atoms with Gasteiger partial charge in [0, 0.05) is 12.1 Å². The summed E-state index contributed by atoms with van der Waals surface area (Å²) < 4.78 is 32.6. The molecule has 0 amide bonds. The largest absolute Gasteiger partial charge is 0.496 e. The molecule has 2 aromatic carbocycles. The number of carbonyl (C=O) groups is 1. The highest BCUT2D eigenvalue weighted by Crippen LogP contribution is 2.24. The summed E-state index contributed by atoms with van der Waals surface area (Å²) in [6, 6.07) is 9.58. The van der Waals surface area contributed by atoms with Crippen LogP contribution in [0.2, 0.25) is 0 Å². The molecule has 0 unspecified atom stereocenters. The van der Waals surface area contributed by atoms with Crippen LogP contribution in [0.4, 0.5) is 0 Å². The molecule has 0 heterocycles. The van der Waals surface area contributed by atoms with E-state index in [9.17, 15) is 13.2 Å². The lowest BCUT2D eigenvalue weighted by Crippen LogP contribution is -2.23. The minimum Gasteiger partial charge on any atom is -0.496 e. The highest BCUT2D eigenvalue weighted by molar-refractivity contribution is 7.89. The van der Waals surface area contributed by atoms with Gasteiger partial charge in [-0.15, -0.1) is 0 Å². The minimum atomic E-state index is -3.64. The molecule has 0 aliphatic heterocycles. The van der Waals surface area contributed by atoms with Gasteiger partial charge in [0.15, 0.2) is 5.78 Å². The maximum Gasteiger partial charge on any atom is 0.240 e. The Balaban J connectivity index is 2.18. The van der Waals surface area contributed by atoms with Crippen LogP contribution in [0.3, 0.4) is 0 Å². The first-order valence-electron chi connectivity index (χ1n) is 7.50. The summed E-state index contributed by atoms with van der Waals surface area (Å²) in [7, 11) is -2.03. The molecule has 0 bridgehead atoms. The summed E-state index contributed by atoms with van der Waals surface area (Å²) >= 11 is 0. The predicted octanol–water partition coefficient (Wildman–Crippen LogP) is 2.99. The molecule has 0 saturated carbocycles. The van der Waals surface area contributed by atoms with E-state index in [2.05, 4.69) is 4.72 Å². The van der Waals surface area contributed by atoms with E-state index < -0.39 is 10.0 Å². The second-order valence-electron chi connectivity index (χ2n) is 5.58. The van der Waals surface area contributed by atoms with Crippen LogP contribution >= 0.6 is 0 Å². The lowest BCUT2D eigenvalue weighted by Gasteiger charge is -2.13. The van der Waals surface area contributed by atoms with Crippen LogP contribution in [0.1, 0.15) is 34.0 Å². The lowest BCUT2D eigenvalue weighted by molar-refractivity contribution is 0.101. The van der Waals surface area contributed by atoms with E-state index in [0.29, 0.717) is 5.56 Å². The molecule has 0 aliphatic rings. The van der Waals surface area contributed by atoms with E-state index in [1.54, 1.807) is 7.11 Å². The molecule has 2 rings (SSSR count). The predicted molar refractivity (Wildman–Crippen MR) is 92.9 cm³/mol. The molecule has 0 aliphatic carbocycles. The topological polar surface area (TPSA) is 72.5 Å². The first-order chi connectivity index (χ1) is 11.3. The molecule has 1 N–H and O–H groups in total. The molecule has 0 aromatic heterocycles. The van der Waals surface area contributed by atoms with Crippen molar-refractivity contribution in [2.24, 2.45) is 0 Å². The fraction of sp³-hybridized carbons (Fsp3) is 0.278. The molecular formula is C18H21NO4S. The number of hydrogen-bond acceptors (Lipinski definition) is 4.